The average molecular weight is 398 g/mol. The average Bonchev–Trinajstić information content (AvgIpc) is 3.19. The molecule has 0 radical (unpaired) electrons. The van der Waals surface area contributed by atoms with Crippen molar-refractivity contribution in [1.29, 1.82) is 0 Å². The first-order valence-electron chi connectivity index (χ1n) is 8.89. The number of carbonyl (C=O) groups is 1. The molecule has 0 spiro atoms. The number of nitrogens with one attached hydrogen (secondary N) is 1. The molecule has 1 aliphatic heterocycles. The molecule has 28 heavy (non-hydrogen) atoms. The zero-order valence-electron chi connectivity index (χ0n) is 15.5. The van der Waals surface area contributed by atoms with Gasteiger partial charge in [0.25, 0.3) is 5.91 Å². The third-order valence-corrected chi connectivity index (χ3v) is 4.78. The van der Waals surface area contributed by atoms with Crippen molar-refractivity contribution in [2.45, 2.75) is 32.1 Å². The number of hydrogen-bond donors (Lipinski definition) is 1. The molecule has 1 aliphatic rings. The van der Waals surface area contributed by atoms with Crippen molar-refractivity contribution in [2.24, 2.45) is 0 Å². The molecule has 152 valence electrons. The quantitative estimate of drug-likeness (QED) is 0.834. The second-order valence-electron chi connectivity index (χ2n) is 6.65. The Morgan fingerprint density at radius 1 is 1.18 bits per heavy atom. The number of nitrogens with zero attached hydrogens (tertiary/aromatic N) is 3. The maximum absolute atomic E-state index is 12.5. The Kier molecular flexibility index (Phi) is 5.99. The van der Waals surface area contributed by atoms with E-state index in [4.69, 9.17) is 4.74 Å². The summed E-state index contributed by atoms with van der Waals surface area (Å²) in [6, 6.07) is 6.05. The number of alkyl halides is 3. The second kappa shape index (κ2) is 8.27. The summed E-state index contributed by atoms with van der Waals surface area (Å²) >= 11 is 0. The molecule has 0 unspecified atom stereocenters. The minimum absolute atomic E-state index is 0.0863. The Bertz CT molecular complexity index is 801. The van der Waals surface area contributed by atoms with Crippen LogP contribution in [0.3, 0.4) is 0 Å². The van der Waals surface area contributed by atoms with Gasteiger partial charge in [0.05, 0.1) is 13.2 Å². The van der Waals surface area contributed by atoms with E-state index in [1.165, 1.54) is 24.3 Å². The number of hydrogen-bond acceptors (Lipinski definition) is 6. The van der Waals surface area contributed by atoms with Gasteiger partial charge in [-0.25, -0.2) is 0 Å². The van der Waals surface area contributed by atoms with E-state index in [1.54, 1.807) is 0 Å². The summed E-state index contributed by atoms with van der Waals surface area (Å²) in [5.74, 6) is -1.85. The summed E-state index contributed by atoms with van der Waals surface area (Å²) in [7, 11) is 0. The van der Waals surface area contributed by atoms with E-state index < -0.39 is 12.1 Å². The van der Waals surface area contributed by atoms with Crippen LogP contribution in [0.1, 0.15) is 30.1 Å². The van der Waals surface area contributed by atoms with E-state index in [2.05, 4.69) is 24.9 Å². The first kappa shape index (κ1) is 20.3. The van der Waals surface area contributed by atoms with Gasteiger partial charge in [0.1, 0.15) is 0 Å². The summed E-state index contributed by atoms with van der Waals surface area (Å²) in [6.45, 7) is 6.98. The Morgan fingerprint density at radius 3 is 2.39 bits per heavy atom. The van der Waals surface area contributed by atoms with Crippen molar-refractivity contribution in [3.63, 3.8) is 0 Å². The van der Waals surface area contributed by atoms with Crippen LogP contribution in [0.4, 0.5) is 13.2 Å². The first-order chi connectivity index (χ1) is 13.3. The molecule has 1 aromatic carbocycles. The Hall–Kier alpha value is -2.46. The van der Waals surface area contributed by atoms with Gasteiger partial charge in [-0.05, 0) is 26.0 Å². The van der Waals surface area contributed by atoms with Crippen LogP contribution in [0.15, 0.2) is 28.8 Å². The summed E-state index contributed by atoms with van der Waals surface area (Å²) in [4.78, 5) is 18.1. The van der Waals surface area contributed by atoms with E-state index in [-0.39, 0.29) is 23.8 Å². The molecule has 2 atom stereocenters. The fourth-order valence-electron chi connectivity index (χ4n) is 2.94. The van der Waals surface area contributed by atoms with Gasteiger partial charge in [-0.1, -0.05) is 17.3 Å². The Labute approximate surface area is 159 Å². The van der Waals surface area contributed by atoms with E-state index in [0.717, 1.165) is 13.1 Å². The molecule has 1 N–H and O–H groups in total. The normalized spacial score (nSPS) is 17.9. The van der Waals surface area contributed by atoms with Crippen LogP contribution in [-0.4, -0.2) is 59.3 Å². The lowest BCUT2D eigenvalue weighted by molar-refractivity contribution is -0.159. The van der Waals surface area contributed by atoms with Crippen LogP contribution < -0.4 is 5.32 Å². The molecule has 7 nitrogen and oxygen atoms in total. The molecule has 2 aromatic rings. The lowest BCUT2D eigenvalue weighted by atomic mass is 10.1. The van der Waals surface area contributed by atoms with Gasteiger partial charge in [0.2, 0.25) is 5.82 Å². The number of halogens is 3. The van der Waals surface area contributed by atoms with Gasteiger partial charge < -0.3 is 14.6 Å². The standard InChI is InChI=1S/C18H21F3N4O3/c1-11(12(2)25-7-9-27-10-8-25)22-16(26)14-5-3-13(4-6-14)15-23-17(28-24-15)18(19,20)21/h3-6,11-12H,7-10H2,1-2H3,(H,22,26)/t11-,12-/m0/s1. The van der Waals surface area contributed by atoms with E-state index >= 15 is 0 Å². The van der Waals surface area contributed by atoms with E-state index in [0.29, 0.717) is 24.3 Å². The van der Waals surface area contributed by atoms with Gasteiger partial charge in [-0.15, -0.1) is 0 Å². The van der Waals surface area contributed by atoms with Crippen molar-refractivity contribution < 1.29 is 27.2 Å². The van der Waals surface area contributed by atoms with Gasteiger partial charge in [0, 0.05) is 36.3 Å². The lowest BCUT2D eigenvalue weighted by Crippen LogP contribution is -2.52. The van der Waals surface area contributed by atoms with Crippen LogP contribution in [-0.2, 0) is 10.9 Å². The topological polar surface area (TPSA) is 80.5 Å². The molecule has 3 rings (SSSR count). The summed E-state index contributed by atoms with van der Waals surface area (Å²) in [6.07, 6.45) is -4.70. The van der Waals surface area contributed by atoms with E-state index in [9.17, 15) is 18.0 Å². The zero-order chi connectivity index (χ0) is 20.3. The molecule has 0 saturated carbocycles. The first-order valence-corrected chi connectivity index (χ1v) is 8.89. The van der Waals surface area contributed by atoms with Gasteiger partial charge >= 0.3 is 12.1 Å². The highest BCUT2D eigenvalue weighted by molar-refractivity contribution is 5.94. The number of morpholine rings is 1. The molecule has 0 bridgehead atoms. The molecule has 2 heterocycles. The van der Waals surface area contributed by atoms with Crippen LogP contribution >= 0.6 is 0 Å². The molecule has 10 heteroatoms. The van der Waals surface area contributed by atoms with Crippen molar-refractivity contribution in [2.75, 3.05) is 26.3 Å². The van der Waals surface area contributed by atoms with Gasteiger partial charge in [-0.2, -0.15) is 18.2 Å². The summed E-state index contributed by atoms with van der Waals surface area (Å²) < 4.78 is 47.2. The SMILES string of the molecule is C[C@H](NC(=O)c1ccc(-c2noc(C(F)(F)F)n2)cc1)[C@H](C)N1CCOCC1. The number of aromatic nitrogens is 2. The van der Waals surface area contributed by atoms with Crippen LogP contribution in [0, 0.1) is 0 Å². The monoisotopic (exact) mass is 398 g/mol. The maximum atomic E-state index is 12.5. The van der Waals surface area contributed by atoms with Crippen molar-refractivity contribution in [3.8, 4) is 11.4 Å². The smallest absolute Gasteiger partial charge is 0.379 e. The molecule has 1 aromatic heterocycles. The van der Waals surface area contributed by atoms with Gasteiger partial charge in [0.15, 0.2) is 0 Å². The van der Waals surface area contributed by atoms with Crippen LogP contribution in [0.5, 0.6) is 0 Å². The molecular formula is C18H21F3N4O3. The van der Waals surface area contributed by atoms with Crippen molar-refractivity contribution in [1.82, 2.24) is 20.4 Å². The minimum atomic E-state index is -4.70. The fraction of sp³-hybridized carbons (Fsp3) is 0.500. The predicted molar refractivity (Wildman–Crippen MR) is 93.5 cm³/mol. The zero-order valence-corrected chi connectivity index (χ0v) is 15.5. The minimum Gasteiger partial charge on any atom is -0.379 e. The molecule has 1 amide bonds. The largest absolute Gasteiger partial charge is 0.471 e. The Morgan fingerprint density at radius 2 is 1.82 bits per heavy atom. The highest BCUT2D eigenvalue weighted by Gasteiger charge is 2.38. The summed E-state index contributed by atoms with van der Waals surface area (Å²) in [5.41, 5.74) is 0.717. The lowest BCUT2D eigenvalue weighted by Gasteiger charge is -2.35. The second-order valence-corrected chi connectivity index (χ2v) is 6.65. The highest BCUT2D eigenvalue weighted by Crippen LogP contribution is 2.29. The predicted octanol–water partition coefficient (Wildman–Crippen LogP) is 2.59. The molecular weight excluding hydrogens is 377 g/mol. The molecule has 1 fully saturated rings. The third-order valence-electron chi connectivity index (χ3n) is 4.78. The fourth-order valence-corrected chi connectivity index (χ4v) is 2.94. The van der Waals surface area contributed by atoms with Crippen molar-refractivity contribution in [3.05, 3.63) is 35.7 Å². The van der Waals surface area contributed by atoms with Crippen molar-refractivity contribution >= 4 is 5.91 Å². The number of carbonyl (C=O) groups excluding carboxylic acids is 1. The third kappa shape index (κ3) is 4.68. The number of benzene rings is 1. The number of ether oxygens (including phenoxy) is 1. The number of amides is 1. The van der Waals surface area contributed by atoms with E-state index in [1.807, 2.05) is 13.8 Å². The molecule has 0 aliphatic carbocycles. The van der Waals surface area contributed by atoms with Crippen LogP contribution in [0.2, 0.25) is 0 Å². The number of rotatable bonds is 5. The van der Waals surface area contributed by atoms with Gasteiger partial charge in [-0.3, -0.25) is 9.69 Å². The molecule has 1 saturated heterocycles. The maximum Gasteiger partial charge on any atom is 0.471 e. The summed E-state index contributed by atoms with van der Waals surface area (Å²) in [5, 5.41) is 6.28. The van der Waals surface area contributed by atoms with Crippen LogP contribution in [0.25, 0.3) is 11.4 Å². The Balaban J connectivity index is 1.62. The highest BCUT2D eigenvalue weighted by atomic mass is 19.4.